The molecule has 0 heterocycles. The van der Waals surface area contributed by atoms with Crippen LogP contribution in [0.2, 0.25) is 0 Å². The molecular formula is C22H40. The minimum atomic E-state index is 0.611. The first-order chi connectivity index (χ1) is 10.6. The molecule has 0 aromatic carbocycles. The first-order valence-electron chi connectivity index (χ1n) is 10.3. The van der Waals surface area contributed by atoms with Crippen LogP contribution in [-0.4, -0.2) is 0 Å². The van der Waals surface area contributed by atoms with Gasteiger partial charge < -0.3 is 0 Å². The Morgan fingerprint density at radius 2 is 1.14 bits per heavy atom. The maximum Gasteiger partial charge on any atom is -0.0291 e. The summed E-state index contributed by atoms with van der Waals surface area (Å²) < 4.78 is 0. The molecule has 0 radical (unpaired) electrons. The van der Waals surface area contributed by atoms with E-state index in [4.69, 9.17) is 0 Å². The van der Waals surface area contributed by atoms with E-state index >= 15 is 0 Å². The van der Waals surface area contributed by atoms with Gasteiger partial charge in [-0.05, 0) is 62.2 Å². The Hall–Kier alpha value is -0.260. The number of rotatable bonds is 6. The van der Waals surface area contributed by atoms with Crippen molar-refractivity contribution in [2.24, 2.45) is 10.8 Å². The smallest absolute Gasteiger partial charge is 0.0291 e. The maximum absolute atomic E-state index is 2.55. The Labute approximate surface area is 140 Å². The first-order valence-corrected chi connectivity index (χ1v) is 10.3. The van der Waals surface area contributed by atoms with Crippen LogP contribution < -0.4 is 0 Å². The summed E-state index contributed by atoms with van der Waals surface area (Å²) in [7, 11) is 0. The molecule has 0 aromatic rings. The summed E-state index contributed by atoms with van der Waals surface area (Å²) in [6.45, 7) is 5.07. The van der Waals surface area contributed by atoms with Gasteiger partial charge in [0.25, 0.3) is 0 Å². The van der Waals surface area contributed by atoms with E-state index in [0.29, 0.717) is 10.8 Å². The lowest BCUT2D eigenvalue weighted by molar-refractivity contribution is 0.248. The number of hydrogen-bond donors (Lipinski definition) is 0. The molecule has 2 aliphatic carbocycles. The van der Waals surface area contributed by atoms with E-state index in [1.165, 1.54) is 103 Å². The van der Waals surface area contributed by atoms with E-state index < -0.39 is 0 Å². The molecule has 128 valence electrons. The maximum atomic E-state index is 2.55. The lowest BCUT2D eigenvalue weighted by Gasteiger charge is -2.28. The Bertz CT molecular complexity index is 309. The lowest BCUT2D eigenvalue weighted by atomic mass is 9.78. The van der Waals surface area contributed by atoms with E-state index in [2.05, 4.69) is 26.0 Å². The summed E-state index contributed by atoms with van der Waals surface area (Å²) in [5.74, 6) is 0. The van der Waals surface area contributed by atoms with Crippen molar-refractivity contribution in [1.29, 1.82) is 0 Å². The molecule has 0 bridgehead atoms. The van der Waals surface area contributed by atoms with Crippen molar-refractivity contribution >= 4 is 0 Å². The highest BCUT2D eigenvalue weighted by molar-refractivity contribution is 4.90. The number of hydrogen-bond acceptors (Lipinski definition) is 0. The normalized spacial score (nSPS) is 25.7. The largest absolute Gasteiger partial charge is 0.0885 e. The molecule has 2 rings (SSSR count). The van der Waals surface area contributed by atoms with E-state index in [-0.39, 0.29) is 0 Å². The van der Waals surface area contributed by atoms with Gasteiger partial charge in [0.15, 0.2) is 0 Å². The number of allylic oxidation sites excluding steroid dienone is 2. The fourth-order valence-corrected chi connectivity index (χ4v) is 4.75. The summed E-state index contributed by atoms with van der Waals surface area (Å²) in [4.78, 5) is 0. The second-order valence-corrected chi connectivity index (χ2v) is 9.02. The van der Waals surface area contributed by atoms with Gasteiger partial charge >= 0.3 is 0 Å². The van der Waals surface area contributed by atoms with Crippen molar-refractivity contribution in [3.63, 3.8) is 0 Å². The summed E-state index contributed by atoms with van der Waals surface area (Å²) in [6, 6.07) is 0. The van der Waals surface area contributed by atoms with Gasteiger partial charge in [0.2, 0.25) is 0 Å². The summed E-state index contributed by atoms with van der Waals surface area (Å²) in [6.07, 6.45) is 28.2. The first kappa shape index (κ1) is 18.1. The predicted octanol–water partition coefficient (Wildman–Crippen LogP) is 7.82. The molecule has 2 saturated carbocycles. The van der Waals surface area contributed by atoms with Gasteiger partial charge in [0, 0.05) is 0 Å². The van der Waals surface area contributed by atoms with E-state index in [0.717, 1.165) is 0 Å². The standard InChI is InChI=1S/C22H40/c1-21(15-9-3-4-10-16-21)19-13-7-8-14-20-22(2)17-11-5-6-12-18-22/h7,13H,3-6,8-12,14-20H2,1-2H3/b13-7-. The fourth-order valence-electron chi connectivity index (χ4n) is 4.75. The Kier molecular flexibility index (Phi) is 7.51. The highest BCUT2D eigenvalue weighted by Crippen LogP contribution is 2.39. The Balaban J connectivity index is 1.63. The van der Waals surface area contributed by atoms with Crippen LogP contribution in [0.5, 0.6) is 0 Å². The molecular weight excluding hydrogens is 264 g/mol. The molecule has 2 aliphatic rings. The summed E-state index contributed by atoms with van der Waals surface area (Å²) in [5.41, 5.74) is 1.28. The minimum Gasteiger partial charge on any atom is -0.0885 e. The molecule has 0 spiro atoms. The van der Waals surface area contributed by atoms with Crippen molar-refractivity contribution in [1.82, 2.24) is 0 Å². The van der Waals surface area contributed by atoms with Crippen LogP contribution in [0, 0.1) is 10.8 Å². The Morgan fingerprint density at radius 1 is 0.636 bits per heavy atom. The molecule has 0 unspecified atom stereocenters. The SMILES string of the molecule is CC1(C/C=C\CCCC2(C)CCCCCC2)CCCCCC1. The van der Waals surface area contributed by atoms with Gasteiger partial charge in [-0.2, -0.15) is 0 Å². The van der Waals surface area contributed by atoms with Gasteiger partial charge in [-0.25, -0.2) is 0 Å². The molecule has 0 atom stereocenters. The molecule has 0 amide bonds. The van der Waals surface area contributed by atoms with Crippen molar-refractivity contribution in [2.45, 2.75) is 117 Å². The fraction of sp³-hybridized carbons (Fsp3) is 0.909. The second-order valence-electron chi connectivity index (χ2n) is 9.02. The van der Waals surface area contributed by atoms with Crippen LogP contribution in [0.3, 0.4) is 0 Å². The molecule has 22 heavy (non-hydrogen) atoms. The minimum absolute atomic E-state index is 0.611. The van der Waals surface area contributed by atoms with Crippen LogP contribution in [0.15, 0.2) is 12.2 Å². The predicted molar refractivity (Wildman–Crippen MR) is 99.2 cm³/mol. The molecule has 0 aromatic heterocycles. The van der Waals surface area contributed by atoms with Gasteiger partial charge in [-0.1, -0.05) is 77.4 Å². The van der Waals surface area contributed by atoms with E-state index in [9.17, 15) is 0 Å². The monoisotopic (exact) mass is 304 g/mol. The number of unbranched alkanes of at least 4 members (excludes halogenated alkanes) is 1. The van der Waals surface area contributed by atoms with Crippen molar-refractivity contribution in [2.75, 3.05) is 0 Å². The topological polar surface area (TPSA) is 0 Å². The third-order valence-electron chi connectivity index (χ3n) is 6.55. The molecule has 0 nitrogen and oxygen atoms in total. The van der Waals surface area contributed by atoms with E-state index in [1.54, 1.807) is 0 Å². The third-order valence-corrected chi connectivity index (χ3v) is 6.55. The van der Waals surface area contributed by atoms with Gasteiger partial charge in [-0.15, -0.1) is 0 Å². The molecule has 0 N–H and O–H groups in total. The molecule has 0 saturated heterocycles. The van der Waals surface area contributed by atoms with Crippen LogP contribution in [0.1, 0.15) is 117 Å². The van der Waals surface area contributed by atoms with Crippen molar-refractivity contribution in [3.05, 3.63) is 12.2 Å². The molecule has 0 aliphatic heterocycles. The van der Waals surface area contributed by atoms with Crippen LogP contribution in [-0.2, 0) is 0 Å². The third kappa shape index (κ3) is 6.47. The quantitative estimate of drug-likeness (QED) is 0.266. The average molecular weight is 305 g/mol. The highest BCUT2D eigenvalue weighted by Gasteiger charge is 2.25. The lowest BCUT2D eigenvalue weighted by Crippen LogP contribution is -2.15. The van der Waals surface area contributed by atoms with Crippen molar-refractivity contribution in [3.8, 4) is 0 Å². The average Bonchev–Trinajstić information content (AvgIpc) is 2.84. The van der Waals surface area contributed by atoms with Crippen LogP contribution in [0.4, 0.5) is 0 Å². The van der Waals surface area contributed by atoms with E-state index in [1.807, 2.05) is 0 Å². The molecule has 2 fully saturated rings. The summed E-state index contributed by atoms with van der Waals surface area (Å²) >= 11 is 0. The Morgan fingerprint density at radius 3 is 1.68 bits per heavy atom. The zero-order valence-corrected chi connectivity index (χ0v) is 15.5. The van der Waals surface area contributed by atoms with Gasteiger partial charge in [0.05, 0.1) is 0 Å². The van der Waals surface area contributed by atoms with Crippen LogP contribution >= 0.6 is 0 Å². The highest BCUT2D eigenvalue weighted by atomic mass is 14.3. The zero-order chi connectivity index (χ0) is 15.7. The van der Waals surface area contributed by atoms with Gasteiger partial charge in [-0.3, -0.25) is 0 Å². The zero-order valence-electron chi connectivity index (χ0n) is 15.5. The second kappa shape index (κ2) is 9.14. The van der Waals surface area contributed by atoms with Gasteiger partial charge in [0.1, 0.15) is 0 Å². The van der Waals surface area contributed by atoms with Crippen molar-refractivity contribution < 1.29 is 0 Å². The molecule has 0 heteroatoms. The summed E-state index contributed by atoms with van der Waals surface area (Å²) in [5, 5.41) is 0. The van der Waals surface area contributed by atoms with Crippen LogP contribution in [0.25, 0.3) is 0 Å².